The smallest absolute Gasteiger partial charge is 0.243 e. The number of piperazine rings is 1. The van der Waals surface area contributed by atoms with Crippen LogP contribution in [0.1, 0.15) is 32.3 Å². The van der Waals surface area contributed by atoms with Crippen molar-refractivity contribution in [2.45, 2.75) is 37.6 Å². The van der Waals surface area contributed by atoms with Crippen LogP contribution in [0.4, 0.5) is 0 Å². The number of hydrogen-bond donors (Lipinski definition) is 0. The maximum absolute atomic E-state index is 12.8. The molecule has 2 rings (SSSR count). The van der Waals surface area contributed by atoms with E-state index in [2.05, 4.69) is 13.8 Å². The molecule has 1 aliphatic rings. The molecule has 7 heteroatoms. The number of carbonyl (C=O) groups is 1. The van der Waals surface area contributed by atoms with Gasteiger partial charge in [0.25, 0.3) is 0 Å². The van der Waals surface area contributed by atoms with Gasteiger partial charge in [0.2, 0.25) is 15.9 Å². The zero-order valence-electron chi connectivity index (χ0n) is 15.8. The lowest BCUT2D eigenvalue weighted by Gasteiger charge is -2.37. The fourth-order valence-electron chi connectivity index (χ4n) is 3.03. The van der Waals surface area contributed by atoms with Crippen molar-refractivity contribution >= 4 is 15.9 Å². The summed E-state index contributed by atoms with van der Waals surface area (Å²) >= 11 is 0. The Hall–Kier alpha value is -1.44. The Balaban J connectivity index is 2.05. The van der Waals surface area contributed by atoms with Crippen molar-refractivity contribution in [3.8, 4) is 0 Å². The second kappa shape index (κ2) is 7.85. The van der Waals surface area contributed by atoms with Crippen LogP contribution in [0.15, 0.2) is 29.2 Å². The van der Waals surface area contributed by atoms with Crippen molar-refractivity contribution in [2.75, 3.05) is 40.3 Å². The van der Waals surface area contributed by atoms with E-state index in [1.54, 1.807) is 31.1 Å². The van der Waals surface area contributed by atoms with E-state index in [1.807, 2.05) is 24.0 Å². The number of hydrogen-bond acceptors (Lipinski definition) is 4. The molecule has 1 saturated heterocycles. The van der Waals surface area contributed by atoms with Gasteiger partial charge in [0.1, 0.15) is 0 Å². The first-order valence-corrected chi connectivity index (χ1v) is 10.1. The van der Waals surface area contributed by atoms with Crippen LogP contribution in [0.25, 0.3) is 0 Å². The third kappa shape index (κ3) is 4.40. The molecule has 0 radical (unpaired) electrons. The van der Waals surface area contributed by atoms with Gasteiger partial charge in [-0.15, -0.1) is 0 Å². The van der Waals surface area contributed by atoms with Gasteiger partial charge in [-0.25, -0.2) is 8.42 Å². The molecule has 0 N–H and O–H groups in total. The molecule has 6 nitrogen and oxygen atoms in total. The Labute approximate surface area is 151 Å². The summed E-state index contributed by atoms with van der Waals surface area (Å²) < 4.78 is 27.2. The number of carbonyl (C=O) groups excluding carboxylic acids is 1. The highest BCUT2D eigenvalue weighted by molar-refractivity contribution is 7.89. The van der Waals surface area contributed by atoms with Crippen molar-refractivity contribution in [1.82, 2.24) is 14.1 Å². The molecule has 0 spiro atoms. The molecule has 1 aromatic rings. The SMILES string of the molecule is CC(C)c1ccc(S(=O)(=O)N2CCN([C@@H](C)C(=O)N(C)C)CC2)cc1. The summed E-state index contributed by atoms with van der Waals surface area (Å²) in [5.74, 6) is 0.414. The van der Waals surface area contributed by atoms with Crippen LogP contribution in [0.2, 0.25) is 0 Å². The molecule has 25 heavy (non-hydrogen) atoms. The van der Waals surface area contributed by atoms with Crippen LogP contribution in [-0.4, -0.2) is 74.7 Å². The zero-order chi connectivity index (χ0) is 18.8. The Morgan fingerprint density at radius 2 is 1.52 bits per heavy atom. The lowest BCUT2D eigenvalue weighted by atomic mass is 10.0. The summed E-state index contributed by atoms with van der Waals surface area (Å²) in [5, 5.41) is 0. The second-order valence-electron chi connectivity index (χ2n) is 7.07. The summed E-state index contributed by atoms with van der Waals surface area (Å²) in [6.07, 6.45) is 0. The highest BCUT2D eigenvalue weighted by atomic mass is 32.2. The zero-order valence-corrected chi connectivity index (χ0v) is 16.6. The van der Waals surface area contributed by atoms with Crippen LogP contribution < -0.4 is 0 Å². The Morgan fingerprint density at radius 3 is 1.96 bits per heavy atom. The molecule has 1 amide bonds. The molecule has 0 unspecified atom stereocenters. The summed E-state index contributed by atoms with van der Waals surface area (Å²) in [7, 11) is -0.00594. The number of likely N-dealkylation sites (N-methyl/N-ethyl adjacent to an activating group) is 1. The van der Waals surface area contributed by atoms with Gasteiger partial charge < -0.3 is 4.90 Å². The minimum absolute atomic E-state index is 0.0422. The van der Waals surface area contributed by atoms with Gasteiger partial charge in [-0.1, -0.05) is 26.0 Å². The van der Waals surface area contributed by atoms with E-state index < -0.39 is 10.0 Å². The quantitative estimate of drug-likeness (QED) is 0.793. The molecule has 1 aromatic carbocycles. The number of nitrogens with zero attached hydrogens (tertiary/aromatic N) is 3. The van der Waals surface area contributed by atoms with Crippen LogP contribution in [-0.2, 0) is 14.8 Å². The van der Waals surface area contributed by atoms with Gasteiger partial charge >= 0.3 is 0 Å². The topological polar surface area (TPSA) is 60.9 Å². The van der Waals surface area contributed by atoms with Crippen LogP contribution >= 0.6 is 0 Å². The predicted molar refractivity (Wildman–Crippen MR) is 99.0 cm³/mol. The van der Waals surface area contributed by atoms with E-state index in [0.29, 0.717) is 37.0 Å². The number of amides is 1. The molecule has 0 aromatic heterocycles. The summed E-state index contributed by atoms with van der Waals surface area (Å²) in [6.45, 7) is 7.96. The Morgan fingerprint density at radius 1 is 1.00 bits per heavy atom. The van der Waals surface area contributed by atoms with E-state index in [-0.39, 0.29) is 11.9 Å². The molecular weight excluding hydrogens is 338 g/mol. The summed E-state index contributed by atoms with van der Waals surface area (Å²) in [6, 6.07) is 6.91. The van der Waals surface area contributed by atoms with Gasteiger partial charge in [-0.05, 0) is 30.5 Å². The van der Waals surface area contributed by atoms with E-state index in [0.717, 1.165) is 5.56 Å². The van der Waals surface area contributed by atoms with E-state index in [4.69, 9.17) is 0 Å². The normalized spacial score (nSPS) is 18.3. The van der Waals surface area contributed by atoms with Crippen LogP contribution in [0, 0.1) is 0 Å². The Kier molecular flexibility index (Phi) is 6.24. The van der Waals surface area contributed by atoms with Crippen molar-refractivity contribution < 1.29 is 13.2 Å². The van der Waals surface area contributed by atoms with Crippen LogP contribution in [0.5, 0.6) is 0 Å². The molecular formula is C18H29N3O3S. The summed E-state index contributed by atoms with van der Waals surface area (Å²) in [4.78, 5) is 16.0. The van der Waals surface area contributed by atoms with Crippen molar-refractivity contribution in [3.63, 3.8) is 0 Å². The molecule has 140 valence electrons. The fourth-order valence-corrected chi connectivity index (χ4v) is 4.46. The molecule has 1 aliphatic heterocycles. The van der Waals surface area contributed by atoms with E-state index in [9.17, 15) is 13.2 Å². The summed E-state index contributed by atoms with van der Waals surface area (Å²) in [5.41, 5.74) is 1.12. The minimum atomic E-state index is -3.48. The van der Waals surface area contributed by atoms with Gasteiger partial charge in [0, 0.05) is 40.3 Å². The van der Waals surface area contributed by atoms with E-state index in [1.165, 1.54) is 4.31 Å². The lowest BCUT2D eigenvalue weighted by molar-refractivity contribution is -0.134. The first kappa shape index (κ1) is 19.9. The number of sulfonamides is 1. The van der Waals surface area contributed by atoms with Gasteiger partial charge in [-0.3, -0.25) is 9.69 Å². The van der Waals surface area contributed by atoms with Gasteiger partial charge in [-0.2, -0.15) is 4.31 Å². The predicted octanol–water partition coefficient (Wildman–Crippen LogP) is 1.59. The van der Waals surface area contributed by atoms with E-state index >= 15 is 0 Å². The first-order chi connectivity index (χ1) is 11.6. The second-order valence-corrected chi connectivity index (χ2v) is 9.01. The third-order valence-electron chi connectivity index (χ3n) is 4.80. The van der Waals surface area contributed by atoms with Crippen molar-refractivity contribution in [3.05, 3.63) is 29.8 Å². The highest BCUT2D eigenvalue weighted by Crippen LogP contribution is 2.21. The number of benzene rings is 1. The molecule has 1 heterocycles. The first-order valence-electron chi connectivity index (χ1n) is 8.70. The third-order valence-corrected chi connectivity index (χ3v) is 6.72. The van der Waals surface area contributed by atoms with Crippen molar-refractivity contribution in [2.24, 2.45) is 0 Å². The molecule has 0 bridgehead atoms. The largest absolute Gasteiger partial charge is 0.347 e. The molecule has 1 atom stereocenters. The fraction of sp³-hybridized carbons (Fsp3) is 0.611. The van der Waals surface area contributed by atoms with Crippen molar-refractivity contribution in [1.29, 1.82) is 0 Å². The standard InChI is InChI=1S/C18H29N3O3S/c1-14(2)16-6-8-17(9-7-16)25(23,24)21-12-10-20(11-13-21)15(3)18(22)19(4)5/h6-9,14-15H,10-13H2,1-5H3/t15-/m0/s1. The maximum Gasteiger partial charge on any atom is 0.243 e. The molecule has 1 fully saturated rings. The van der Waals surface area contributed by atoms with Gasteiger partial charge in [0.05, 0.1) is 10.9 Å². The highest BCUT2D eigenvalue weighted by Gasteiger charge is 2.32. The van der Waals surface area contributed by atoms with Gasteiger partial charge in [0.15, 0.2) is 0 Å². The number of rotatable bonds is 5. The average Bonchev–Trinajstić information content (AvgIpc) is 2.60. The molecule has 0 aliphatic carbocycles. The monoisotopic (exact) mass is 367 g/mol. The minimum Gasteiger partial charge on any atom is -0.347 e. The van der Waals surface area contributed by atoms with Crippen LogP contribution in [0.3, 0.4) is 0 Å². The lowest BCUT2D eigenvalue weighted by Crippen LogP contribution is -2.54. The average molecular weight is 368 g/mol. The molecule has 0 saturated carbocycles. The Bertz CT molecular complexity index is 691. The maximum atomic E-state index is 12.8.